The number of aryl methyl sites for hydroxylation is 1. The molecule has 4 aromatic rings. The molecule has 0 unspecified atom stereocenters. The number of aliphatic hydroxyl groups is 1. The normalized spacial score (nSPS) is 10.9. The van der Waals surface area contributed by atoms with Crippen LogP contribution in [0.5, 0.6) is 0 Å². The summed E-state index contributed by atoms with van der Waals surface area (Å²) < 4.78 is 1.99. The Bertz CT molecular complexity index is 1020. The fraction of sp³-hybridized carbons (Fsp3) is 0.125. The van der Waals surface area contributed by atoms with Crippen LogP contribution in [0.2, 0.25) is 0 Å². The van der Waals surface area contributed by atoms with E-state index in [0.717, 1.165) is 28.2 Å². The predicted molar refractivity (Wildman–Crippen MR) is 110 cm³/mol. The van der Waals surface area contributed by atoms with Crippen molar-refractivity contribution in [2.45, 2.75) is 13.3 Å². The molecule has 0 saturated heterocycles. The van der Waals surface area contributed by atoms with Gasteiger partial charge in [0.2, 0.25) is 0 Å². The van der Waals surface area contributed by atoms with Crippen molar-refractivity contribution in [2.75, 3.05) is 6.61 Å². The molecule has 1 aromatic heterocycles. The third-order valence-corrected chi connectivity index (χ3v) is 4.81. The van der Waals surface area contributed by atoms with E-state index in [-0.39, 0.29) is 6.61 Å². The summed E-state index contributed by atoms with van der Waals surface area (Å²) in [5.74, 6) is 0. The molecule has 0 amide bonds. The van der Waals surface area contributed by atoms with Crippen molar-refractivity contribution in [3.8, 4) is 28.1 Å². The molecule has 0 aliphatic rings. The monoisotopic (exact) mass is 354 g/mol. The topological polar surface area (TPSA) is 38.0 Å². The Hall–Kier alpha value is -3.17. The van der Waals surface area contributed by atoms with E-state index in [1.54, 1.807) is 0 Å². The molecule has 0 spiro atoms. The second kappa shape index (κ2) is 7.60. The van der Waals surface area contributed by atoms with E-state index in [4.69, 9.17) is 5.10 Å². The molecule has 27 heavy (non-hydrogen) atoms. The minimum absolute atomic E-state index is 0.110. The first kappa shape index (κ1) is 17.3. The maximum atomic E-state index is 9.52. The van der Waals surface area contributed by atoms with Crippen LogP contribution in [-0.4, -0.2) is 21.5 Å². The number of hydrogen-bond acceptors (Lipinski definition) is 2. The number of rotatable bonds is 5. The van der Waals surface area contributed by atoms with Gasteiger partial charge in [-0.3, -0.25) is 0 Å². The molecule has 3 heteroatoms. The fourth-order valence-electron chi connectivity index (χ4n) is 3.48. The second-order valence-corrected chi connectivity index (χ2v) is 6.58. The van der Waals surface area contributed by atoms with Crippen LogP contribution in [-0.2, 0) is 6.42 Å². The molecule has 3 aromatic carbocycles. The number of aliphatic hydroxyl groups excluding tert-OH is 1. The van der Waals surface area contributed by atoms with Gasteiger partial charge >= 0.3 is 0 Å². The summed E-state index contributed by atoms with van der Waals surface area (Å²) in [6.07, 6.45) is 0.595. The summed E-state index contributed by atoms with van der Waals surface area (Å²) in [5, 5.41) is 14.3. The minimum atomic E-state index is 0.110. The van der Waals surface area contributed by atoms with Crippen LogP contribution in [0.25, 0.3) is 28.1 Å². The van der Waals surface area contributed by atoms with Gasteiger partial charge in [0, 0.05) is 17.7 Å². The van der Waals surface area contributed by atoms with Gasteiger partial charge in [-0.15, -0.1) is 0 Å². The molecule has 0 aliphatic carbocycles. The summed E-state index contributed by atoms with van der Waals surface area (Å²) in [7, 11) is 0. The lowest BCUT2D eigenvalue weighted by Gasteiger charge is -2.11. The van der Waals surface area contributed by atoms with Gasteiger partial charge in [-0.05, 0) is 36.6 Å². The molecule has 134 valence electrons. The average Bonchev–Trinajstić information content (AvgIpc) is 3.06. The molecular formula is C24H22N2O. The Kier molecular flexibility index (Phi) is 4.86. The van der Waals surface area contributed by atoms with E-state index in [0.29, 0.717) is 6.42 Å². The van der Waals surface area contributed by atoms with Gasteiger partial charge in [-0.2, -0.15) is 5.10 Å². The van der Waals surface area contributed by atoms with Gasteiger partial charge in [0.25, 0.3) is 0 Å². The third-order valence-electron chi connectivity index (χ3n) is 4.81. The van der Waals surface area contributed by atoms with E-state index < -0.39 is 0 Å². The lowest BCUT2D eigenvalue weighted by Crippen LogP contribution is -2.01. The maximum absolute atomic E-state index is 9.52. The van der Waals surface area contributed by atoms with Gasteiger partial charge in [0.1, 0.15) is 0 Å². The molecule has 1 N–H and O–H groups in total. The molecule has 1 heterocycles. The van der Waals surface area contributed by atoms with Gasteiger partial charge in [0.15, 0.2) is 0 Å². The molecule has 0 fully saturated rings. The average molecular weight is 354 g/mol. The van der Waals surface area contributed by atoms with Crippen LogP contribution in [0.4, 0.5) is 0 Å². The third kappa shape index (κ3) is 3.42. The predicted octanol–water partition coefficient (Wildman–Crippen LogP) is 5.05. The fourth-order valence-corrected chi connectivity index (χ4v) is 3.48. The summed E-state index contributed by atoms with van der Waals surface area (Å²) >= 11 is 0. The standard InChI is InChI=1S/C24H22N2O/c1-18-23(16-17-27)24(21-10-6-3-7-11-21)26(25-18)22-14-12-20(13-15-22)19-8-4-2-5-9-19/h2-15,27H,16-17H2,1H3. The minimum Gasteiger partial charge on any atom is -0.396 e. The van der Waals surface area contributed by atoms with E-state index in [2.05, 4.69) is 60.7 Å². The number of benzene rings is 3. The Labute approximate surface area is 159 Å². The highest BCUT2D eigenvalue weighted by atomic mass is 16.3. The molecule has 0 aliphatic heterocycles. The first-order chi connectivity index (χ1) is 13.3. The summed E-state index contributed by atoms with van der Waals surface area (Å²) in [6, 6.07) is 29.1. The van der Waals surface area contributed by atoms with Gasteiger partial charge in [-0.25, -0.2) is 4.68 Å². The van der Waals surface area contributed by atoms with Crippen LogP contribution < -0.4 is 0 Å². The van der Waals surface area contributed by atoms with E-state index in [1.165, 1.54) is 11.1 Å². The van der Waals surface area contributed by atoms with Crippen molar-refractivity contribution >= 4 is 0 Å². The highest BCUT2D eigenvalue weighted by Gasteiger charge is 2.17. The lowest BCUT2D eigenvalue weighted by atomic mass is 10.0. The van der Waals surface area contributed by atoms with Crippen LogP contribution in [0.3, 0.4) is 0 Å². The van der Waals surface area contributed by atoms with Crippen molar-refractivity contribution in [3.05, 3.63) is 96.2 Å². The smallest absolute Gasteiger partial charge is 0.0776 e. The molecule has 0 saturated carbocycles. The van der Waals surface area contributed by atoms with Gasteiger partial charge in [0.05, 0.1) is 17.1 Å². The molecule has 0 radical (unpaired) electrons. The molecular weight excluding hydrogens is 332 g/mol. The van der Waals surface area contributed by atoms with Crippen LogP contribution in [0, 0.1) is 6.92 Å². The van der Waals surface area contributed by atoms with E-state index >= 15 is 0 Å². The maximum Gasteiger partial charge on any atom is 0.0776 e. The highest BCUT2D eigenvalue weighted by molar-refractivity contribution is 5.69. The molecule has 3 nitrogen and oxygen atoms in total. The van der Waals surface area contributed by atoms with Crippen LogP contribution in [0.15, 0.2) is 84.9 Å². The zero-order valence-corrected chi connectivity index (χ0v) is 15.3. The number of aromatic nitrogens is 2. The molecule has 4 rings (SSSR count). The van der Waals surface area contributed by atoms with E-state index in [1.807, 2.05) is 35.9 Å². The second-order valence-electron chi connectivity index (χ2n) is 6.58. The van der Waals surface area contributed by atoms with Crippen LogP contribution >= 0.6 is 0 Å². The van der Waals surface area contributed by atoms with Crippen molar-refractivity contribution < 1.29 is 5.11 Å². The Morgan fingerprint density at radius 3 is 1.89 bits per heavy atom. The zero-order chi connectivity index (χ0) is 18.6. The Morgan fingerprint density at radius 2 is 1.30 bits per heavy atom. The van der Waals surface area contributed by atoms with Crippen LogP contribution in [0.1, 0.15) is 11.3 Å². The molecule has 0 atom stereocenters. The van der Waals surface area contributed by atoms with Gasteiger partial charge < -0.3 is 5.11 Å². The van der Waals surface area contributed by atoms with E-state index in [9.17, 15) is 5.11 Å². The summed E-state index contributed by atoms with van der Waals surface area (Å²) in [6.45, 7) is 2.12. The van der Waals surface area contributed by atoms with Crippen molar-refractivity contribution in [1.29, 1.82) is 0 Å². The SMILES string of the molecule is Cc1nn(-c2ccc(-c3ccccc3)cc2)c(-c2ccccc2)c1CCO. The van der Waals surface area contributed by atoms with Crippen molar-refractivity contribution in [1.82, 2.24) is 9.78 Å². The Balaban J connectivity index is 1.81. The first-order valence-electron chi connectivity index (χ1n) is 9.18. The summed E-state index contributed by atoms with van der Waals surface area (Å²) in [5.41, 5.74) is 7.60. The number of hydrogen-bond donors (Lipinski definition) is 1. The first-order valence-corrected chi connectivity index (χ1v) is 9.18. The van der Waals surface area contributed by atoms with Crippen molar-refractivity contribution in [2.24, 2.45) is 0 Å². The largest absolute Gasteiger partial charge is 0.396 e. The summed E-state index contributed by atoms with van der Waals surface area (Å²) in [4.78, 5) is 0. The van der Waals surface area contributed by atoms with Crippen molar-refractivity contribution in [3.63, 3.8) is 0 Å². The number of nitrogens with zero attached hydrogens (tertiary/aromatic N) is 2. The lowest BCUT2D eigenvalue weighted by molar-refractivity contribution is 0.299. The van der Waals surface area contributed by atoms with Gasteiger partial charge in [-0.1, -0.05) is 72.8 Å². The zero-order valence-electron chi connectivity index (χ0n) is 15.3. The molecule has 0 bridgehead atoms. The quantitative estimate of drug-likeness (QED) is 0.545. The Morgan fingerprint density at radius 1 is 0.741 bits per heavy atom. The highest BCUT2D eigenvalue weighted by Crippen LogP contribution is 2.30.